The molecule has 0 aliphatic rings. The van der Waals surface area contributed by atoms with Crippen LogP contribution in [-0.4, -0.2) is 25.4 Å². The number of furan rings is 1. The summed E-state index contributed by atoms with van der Waals surface area (Å²) in [6.07, 6.45) is 0.254. The average Bonchev–Trinajstić information content (AvgIpc) is 2.64. The molecule has 1 aromatic heterocycles. The molecule has 0 atom stereocenters. The highest BCUT2D eigenvalue weighted by atomic mass is 79.9. The third-order valence-corrected chi connectivity index (χ3v) is 2.14. The first-order valence-corrected chi connectivity index (χ1v) is 5.17. The molecule has 0 aromatic carbocycles. The maximum Gasteiger partial charge on any atom is 0.287 e. The van der Waals surface area contributed by atoms with E-state index in [2.05, 4.69) is 26.6 Å². The minimum Gasteiger partial charge on any atom is -0.444 e. The second kappa shape index (κ2) is 5.55. The van der Waals surface area contributed by atoms with Crippen LogP contribution < -0.4 is 10.6 Å². The van der Waals surface area contributed by atoms with Crippen LogP contribution >= 0.6 is 15.9 Å². The van der Waals surface area contributed by atoms with Crippen LogP contribution in [0.4, 0.5) is 0 Å². The molecule has 2 N–H and O–H groups in total. The van der Waals surface area contributed by atoms with Gasteiger partial charge in [-0.1, -0.05) is 0 Å². The van der Waals surface area contributed by atoms with Crippen molar-refractivity contribution in [2.24, 2.45) is 0 Å². The average molecular weight is 275 g/mol. The molecule has 82 valence electrons. The number of hydrogen-bond acceptors (Lipinski definition) is 3. The minimum atomic E-state index is -0.329. The highest BCUT2D eigenvalue weighted by molar-refractivity contribution is 9.10. The summed E-state index contributed by atoms with van der Waals surface area (Å²) >= 11 is 3.09. The minimum absolute atomic E-state index is 0.115. The van der Waals surface area contributed by atoms with Crippen LogP contribution in [0.25, 0.3) is 0 Å². The van der Waals surface area contributed by atoms with E-state index in [0.717, 1.165) is 0 Å². The van der Waals surface area contributed by atoms with E-state index in [9.17, 15) is 9.59 Å². The molecule has 0 aliphatic heterocycles. The van der Waals surface area contributed by atoms with Gasteiger partial charge in [-0.3, -0.25) is 9.59 Å². The Morgan fingerprint density at radius 3 is 2.73 bits per heavy atom. The van der Waals surface area contributed by atoms with Crippen LogP contribution in [0.5, 0.6) is 0 Å². The monoisotopic (exact) mass is 274 g/mol. The van der Waals surface area contributed by atoms with Gasteiger partial charge in [-0.15, -0.1) is 0 Å². The lowest BCUT2D eigenvalue weighted by atomic mass is 10.3. The fraction of sp³-hybridized carbons (Fsp3) is 0.333. The fourth-order valence-corrected chi connectivity index (χ4v) is 1.24. The lowest BCUT2D eigenvalue weighted by Gasteiger charge is -2.01. The van der Waals surface area contributed by atoms with Crippen LogP contribution in [0.15, 0.2) is 21.2 Å². The van der Waals surface area contributed by atoms with Gasteiger partial charge in [0.15, 0.2) is 10.4 Å². The van der Waals surface area contributed by atoms with Crippen molar-refractivity contribution in [3.63, 3.8) is 0 Å². The molecule has 0 aliphatic carbocycles. The normalized spacial score (nSPS) is 9.73. The molecule has 0 radical (unpaired) electrons. The topological polar surface area (TPSA) is 71.3 Å². The Balaban J connectivity index is 2.34. The molecule has 1 aromatic rings. The van der Waals surface area contributed by atoms with Crippen LogP contribution in [0.1, 0.15) is 17.0 Å². The Bertz CT molecular complexity index is 362. The summed E-state index contributed by atoms with van der Waals surface area (Å²) in [6.45, 7) is 0.289. The molecule has 0 unspecified atom stereocenters. The second-order valence-corrected chi connectivity index (χ2v) is 3.56. The largest absolute Gasteiger partial charge is 0.444 e. The molecule has 15 heavy (non-hydrogen) atoms. The first-order chi connectivity index (χ1) is 7.13. The summed E-state index contributed by atoms with van der Waals surface area (Å²) in [5.41, 5.74) is 0. The summed E-state index contributed by atoms with van der Waals surface area (Å²) in [7, 11) is 1.55. The molecule has 0 saturated heterocycles. The maximum absolute atomic E-state index is 11.4. The number of hydrogen-bond donors (Lipinski definition) is 2. The molecule has 1 rings (SSSR count). The Morgan fingerprint density at radius 1 is 1.47 bits per heavy atom. The Hall–Kier alpha value is -1.30. The lowest BCUT2D eigenvalue weighted by molar-refractivity contribution is -0.120. The van der Waals surface area contributed by atoms with E-state index in [-0.39, 0.29) is 30.5 Å². The van der Waals surface area contributed by atoms with E-state index in [1.165, 1.54) is 0 Å². The zero-order chi connectivity index (χ0) is 11.3. The summed E-state index contributed by atoms with van der Waals surface area (Å²) in [5.74, 6) is -0.223. The molecule has 0 saturated carbocycles. The summed E-state index contributed by atoms with van der Waals surface area (Å²) in [6, 6.07) is 3.19. The van der Waals surface area contributed by atoms with Gasteiger partial charge >= 0.3 is 0 Å². The standard InChI is InChI=1S/C9H11BrN2O3/c1-11-8(13)4-5-12-9(14)6-2-3-7(10)15-6/h2-3H,4-5H2,1H3,(H,11,13)(H,12,14). The van der Waals surface area contributed by atoms with Crippen molar-refractivity contribution in [2.45, 2.75) is 6.42 Å². The van der Waals surface area contributed by atoms with Crippen molar-refractivity contribution in [2.75, 3.05) is 13.6 Å². The van der Waals surface area contributed by atoms with Gasteiger partial charge in [0.1, 0.15) is 0 Å². The van der Waals surface area contributed by atoms with E-state index in [1.807, 2.05) is 0 Å². The van der Waals surface area contributed by atoms with Crippen LogP contribution in [0.3, 0.4) is 0 Å². The van der Waals surface area contributed by atoms with Gasteiger partial charge in [0, 0.05) is 20.0 Å². The number of nitrogens with one attached hydrogen (secondary N) is 2. The van der Waals surface area contributed by atoms with Gasteiger partial charge in [-0.2, -0.15) is 0 Å². The van der Waals surface area contributed by atoms with E-state index in [1.54, 1.807) is 19.2 Å². The quantitative estimate of drug-likeness (QED) is 0.857. The fourth-order valence-electron chi connectivity index (χ4n) is 0.938. The smallest absolute Gasteiger partial charge is 0.287 e. The third kappa shape index (κ3) is 3.75. The molecule has 0 fully saturated rings. The molecular formula is C9H11BrN2O3. The van der Waals surface area contributed by atoms with E-state index in [0.29, 0.717) is 4.67 Å². The zero-order valence-electron chi connectivity index (χ0n) is 8.17. The third-order valence-electron chi connectivity index (χ3n) is 1.71. The summed E-state index contributed by atoms with van der Waals surface area (Å²) in [5, 5.41) is 5.02. The van der Waals surface area contributed by atoms with Gasteiger partial charge in [0.25, 0.3) is 5.91 Å². The molecular weight excluding hydrogens is 264 g/mol. The molecule has 1 heterocycles. The molecule has 0 bridgehead atoms. The Labute approximate surface area is 95.3 Å². The number of halogens is 1. The van der Waals surface area contributed by atoms with E-state index >= 15 is 0 Å². The van der Waals surface area contributed by atoms with Crippen LogP contribution in [-0.2, 0) is 4.79 Å². The van der Waals surface area contributed by atoms with Gasteiger partial charge in [0.05, 0.1) is 0 Å². The molecule has 5 nitrogen and oxygen atoms in total. The van der Waals surface area contributed by atoms with Gasteiger partial charge < -0.3 is 15.1 Å². The number of carbonyl (C=O) groups excluding carboxylic acids is 2. The first kappa shape index (κ1) is 11.8. The van der Waals surface area contributed by atoms with Gasteiger partial charge in [0.2, 0.25) is 5.91 Å². The summed E-state index contributed by atoms with van der Waals surface area (Å²) < 4.78 is 5.53. The number of amides is 2. The highest BCUT2D eigenvalue weighted by Crippen LogP contribution is 2.13. The predicted molar refractivity (Wildman–Crippen MR) is 57.4 cm³/mol. The lowest BCUT2D eigenvalue weighted by Crippen LogP contribution is -2.28. The molecule has 2 amide bonds. The van der Waals surface area contributed by atoms with Crippen LogP contribution in [0, 0.1) is 0 Å². The van der Waals surface area contributed by atoms with Crippen molar-refractivity contribution < 1.29 is 14.0 Å². The highest BCUT2D eigenvalue weighted by Gasteiger charge is 2.09. The van der Waals surface area contributed by atoms with Crippen molar-refractivity contribution in [3.8, 4) is 0 Å². The summed E-state index contributed by atoms with van der Waals surface area (Å²) in [4.78, 5) is 22.2. The zero-order valence-corrected chi connectivity index (χ0v) is 9.76. The molecule has 0 spiro atoms. The SMILES string of the molecule is CNC(=O)CCNC(=O)c1ccc(Br)o1. The second-order valence-electron chi connectivity index (χ2n) is 2.78. The van der Waals surface area contributed by atoms with Gasteiger partial charge in [-0.05, 0) is 28.1 Å². The van der Waals surface area contributed by atoms with Crippen molar-refractivity contribution in [1.82, 2.24) is 10.6 Å². The first-order valence-electron chi connectivity index (χ1n) is 4.37. The van der Waals surface area contributed by atoms with Crippen molar-refractivity contribution >= 4 is 27.7 Å². The van der Waals surface area contributed by atoms with E-state index in [4.69, 9.17) is 4.42 Å². The number of carbonyl (C=O) groups is 2. The number of rotatable bonds is 4. The molecule has 6 heteroatoms. The van der Waals surface area contributed by atoms with Crippen LogP contribution in [0.2, 0.25) is 0 Å². The maximum atomic E-state index is 11.4. The Kier molecular flexibility index (Phi) is 4.36. The van der Waals surface area contributed by atoms with Crippen molar-refractivity contribution in [1.29, 1.82) is 0 Å². The van der Waals surface area contributed by atoms with Gasteiger partial charge in [-0.25, -0.2) is 0 Å². The predicted octanol–water partition coefficient (Wildman–Crippen LogP) is 0.908. The Morgan fingerprint density at radius 2 is 2.20 bits per heavy atom. The van der Waals surface area contributed by atoms with E-state index < -0.39 is 0 Å². The van der Waals surface area contributed by atoms with Crippen molar-refractivity contribution in [3.05, 3.63) is 22.6 Å².